The molecule has 13 heavy (non-hydrogen) atoms. The molecule has 0 radical (unpaired) electrons. The second kappa shape index (κ2) is 3.27. The van der Waals surface area contributed by atoms with Gasteiger partial charge >= 0.3 is 5.97 Å². The van der Waals surface area contributed by atoms with Gasteiger partial charge in [0, 0.05) is 25.1 Å². The third-order valence-electron chi connectivity index (χ3n) is 3.18. The molecule has 0 aromatic heterocycles. The molecule has 2 saturated heterocycles. The first kappa shape index (κ1) is 8.97. The number of esters is 1. The van der Waals surface area contributed by atoms with Crippen molar-refractivity contribution in [2.45, 2.75) is 6.42 Å². The summed E-state index contributed by atoms with van der Waals surface area (Å²) in [6.45, 7) is 3.08. The van der Waals surface area contributed by atoms with Crippen molar-refractivity contribution in [1.82, 2.24) is 5.32 Å². The van der Waals surface area contributed by atoms with Crippen molar-refractivity contribution < 1.29 is 14.3 Å². The molecule has 4 heteroatoms. The third-order valence-corrected chi connectivity index (χ3v) is 3.18. The zero-order valence-electron chi connectivity index (χ0n) is 7.84. The molecule has 4 nitrogen and oxygen atoms in total. The highest BCUT2D eigenvalue weighted by atomic mass is 16.5. The van der Waals surface area contributed by atoms with Crippen LogP contribution in [-0.2, 0) is 14.3 Å². The predicted octanol–water partition coefficient (Wildman–Crippen LogP) is -0.215. The van der Waals surface area contributed by atoms with Gasteiger partial charge in [-0.25, -0.2) is 0 Å². The first-order valence-corrected chi connectivity index (χ1v) is 4.65. The fourth-order valence-corrected chi connectivity index (χ4v) is 2.32. The lowest BCUT2D eigenvalue weighted by atomic mass is 9.77. The van der Waals surface area contributed by atoms with Gasteiger partial charge in [-0.1, -0.05) is 0 Å². The molecule has 2 heterocycles. The summed E-state index contributed by atoms with van der Waals surface area (Å²) in [5.74, 6) is -0.115. The maximum absolute atomic E-state index is 11.5. The molecule has 0 bridgehead atoms. The van der Waals surface area contributed by atoms with E-state index in [-0.39, 0.29) is 17.3 Å². The lowest BCUT2D eigenvalue weighted by molar-refractivity contribution is -0.148. The molecule has 2 fully saturated rings. The molecule has 2 aliphatic rings. The number of hydrogen-bond donors (Lipinski definition) is 1. The van der Waals surface area contributed by atoms with Crippen molar-refractivity contribution in [3.05, 3.63) is 0 Å². The van der Waals surface area contributed by atoms with Crippen LogP contribution >= 0.6 is 0 Å². The fraction of sp³-hybridized carbons (Fsp3) is 0.889. The Morgan fingerprint density at radius 1 is 1.69 bits per heavy atom. The Morgan fingerprint density at radius 2 is 2.54 bits per heavy atom. The van der Waals surface area contributed by atoms with E-state index in [1.165, 1.54) is 7.11 Å². The summed E-state index contributed by atoms with van der Waals surface area (Å²) in [5.41, 5.74) is 0.0209. The Balaban J connectivity index is 2.13. The van der Waals surface area contributed by atoms with Crippen LogP contribution in [0.1, 0.15) is 6.42 Å². The SMILES string of the molecule is COC(=O)C1CNCC12CCOC2. The normalized spacial score (nSPS) is 38.4. The Morgan fingerprint density at radius 3 is 3.15 bits per heavy atom. The van der Waals surface area contributed by atoms with Gasteiger partial charge in [-0.15, -0.1) is 0 Å². The second-order valence-corrected chi connectivity index (χ2v) is 3.87. The minimum atomic E-state index is -0.101. The summed E-state index contributed by atoms with van der Waals surface area (Å²) in [5, 5.41) is 3.24. The molecule has 0 saturated carbocycles. The van der Waals surface area contributed by atoms with E-state index in [1.807, 2.05) is 0 Å². The summed E-state index contributed by atoms with van der Waals surface area (Å²) in [6.07, 6.45) is 0.972. The van der Waals surface area contributed by atoms with Crippen LogP contribution in [0.25, 0.3) is 0 Å². The van der Waals surface area contributed by atoms with Crippen LogP contribution in [0.3, 0.4) is 0 Å². The first-order valence-electron chi connectivity index (χ1n) is 4.65. The van der Waals surface area contributed by atoms with Crippen molar-refractivity contribution in [3.63, 3.8) is 0 Å². The van der Waals surface area contributed by atoms with E-state index in [2.05, 4.69) is 5.32 Å². The maximum Gasteiger partial charge on any atom is 0.310 e. The van der Waals surface area contributed by atoms with Gasteiger partial charge in [0.2, 0.25) is 0 Å². The van der Waals surface area contributed by atoms with Gasteiger partial charge in [0.1, 0.15) is 0 Å². The van der Waals surface area contributed by atoms with Crippen LogP contribution in [0.4, 0.5) is 0 Å². The largest absolute Gasteiger partial charge is 0.469 e. The number of hydrogen-bond acceptors (Lipinski definition) is 4. The number of rotatable bonds is 1. The molecule has 2 unspecified atom stereocenters. The minimum Gasteiger partial charge on any atom is -0.469 e. The van der Waals surface area contributed by atoms with E-state index in [0.29, 0.717) is 6.61 Å². The van der Waals surface area contributed by atoms with Gasteiger partial charge in [0.05, 0.1) is 19.6 Å². The lowest BCUT2D eigenvalue weighted by Crippen LogP contribution is -2.36. The van der Waals surface area contributed by atoms with E-state index >= 15 is 0 Å². The average Bonchev–Trinajstić information content (AvgIpc) is 2.76. The van der Waals surface area contributed by atoms with Crippen molar-refractivity contribution in [2.24, 2.45) is 11.3 Å². The van der Waals surface area contributed by atoms with Crippen molar-refractivity contribution in [3.8, 4) is 0 Å². The number of ether oxygens (including phenoxy) is 2. The Bertz CT molecular complexity index is 205. The molecule has 1 N–H and O–H groups in total. The van der Waals surface area contributed by atoms with Gasteiger partial charge in [-0.3, -0.25) is 4.79 Å². The molecule has 2 atom stereocenters. The highest BCUT2D eigenvalue weighted by Gasteiger charge is 2.49. The molecule has 0 aromatic carbocycles. The lowest BCUT2D eigenvalue weighted by Gasteiger charge is -2.25. The quantitative estimate of drug-likeness (QED) is 0.574. The molecular formula is C9H15NO3. The van der Waals surface area contributed by atoms with Crippen LogP contribution in [0.15, 0.2) is 0 Å². The minimum absolute atomic E-state index is 0.0139. The Kier molecular flexibility index (Phi) is 2.26. The number of carbonyl (C=O) groups is 1. The summed E-state index contributed by atoms with van der Waals surface area (Å²) in [7, 11) is 1.45. The van der Waals surface area contributed by atoms with E-state index in [0.717, 1.165) is 26.1 Å². The average molecular weight is 185 g/mol. The topological polar surface area (TPSA) is 47.6 Å². The number of nitrogens with one attached hydrogen (secondary N) is 1. The van der Waals surface area contributed by atoms with Crippen LogP contribution < -0.4 is 5.32 Å². The zero-order chi connectivity index (χ0) is 9.31. The van der Waals surface area contributed by atoms with Gasteiger partial charge in [0.15, 0.2) is 0 Å². The van der Waals surface area contributed by atoms with Gasteiger partial charge in [0.25, 0.3) is 0 Å². The molecule has 1 spiro atoms. The highest BCUT2D eigenvalue weighted by molar-refractivity contribution is 5.74. The smallest absolute Gasteiger partial charge is 0.310 e. The van der Waals surface area contributed by atoms with Crippen molar-refractivity contribution >= 4 is 5.97 Å². The van der Waals surface area contributed by atoms with E-state index < -0.39 is 0 Å². The van der Waals surface area contributed by atoms with Crippen LogP contribution in [0, 0.1) is 11.3 Å². The van der Waals surface area contributed by atoms with E-state index in [1.54, 1.807) is 0 Å². The van der Waals surface area contributed by atoms with E-state index in [9.17, 15) is 4.79 Å². The number of carbonyl (C=O) groups excluding carboxylic acids is 1. The summed E-state index contributed by atoms with van der Waals surface area (Å²) >= 11 is 0. The van der Waals surface area contributed by atoms with Gasteiger partial charge in [-0.2, -0.15) is 0 Å². The summed E-state index contributed by atoms with van der Waals surface area (Å²) < 4.78 is 10.1. The van der Waals surface area contributed by atoms with Crippen LogP contribution in [0.5, 0.6) is 0 Å². The monoisotopic (exact) mass is 185 g/mol. The fourth-order valence-electron chi connectivity index (χ4n) is 2.32. The van der Waals surface area contributed by atoms with Gasteiger partial charge in [-0.05, 0) is 6.42 Å². The Hall–Kier alpha value is -0.610. The molecule has 74 valence electrons. The van der Waals surface area contributed by atoms with Crippen LogP contribution in [-0.4, -0.2) is 39.4 Å². The zero-order valence-corrected chi connectivity index (χ0v) is 7.84. The molecule has 0 aromatic rings. The summed E-state index contributed by atoms with van der Waals surface area (Å²) in [4.78, 5) is 11.5. The molecule has 0 aliphatic carbocycles. The molecule has 0 amide bonds. The standard InChI is InChI=1S/C9H15NO3/c1-12-8(11)7-4-10-5-9(7)2-3-13-6-9/h7,10H,2-6H2,1H3. The van der Waals surface area contributed by atoms with Crippen LogP contribution in [0.2, 0.25) is 0 Å². The highest BCUT2D eigenvalue weighted by Crippen LogP contribution is 2.39. The second-order valence-electron chi connectivity index (χ2n) is 3.87. The first-order chi connectivity index (χ1) is 6.28. The Labute approximate surface area is 77.6 Å². The van der Waals surface area contributed by atoms with E-state index in [4.69, 9.17) is 9.47 Å². The molecular weight excluding hydrogens is 170 g/mol. The third kappa shape index (κ3) is 1.34. The predicted molar refractivity (Wildman–Crippen MR) is 46.2 cm³/mol. The number of methoxy groups -OCH3 is 1. The maximum atomic E-state index is 11.5. The van der Waals surface area contributed by atoms with Crippen molar-refractivity contribution in [2.75, 3.05) is 33.4 Å². The van der Waals surface area contributed by atoms with Gasteiger partial charge < -0.3 is 14.8 Å². The summed E-state index contributed by atoms with van der Waals surface area (Å²) in [6, 6.07) is 0. The molecule has 2 aliphatic heterocycles. The van der Waals surface area contributed by atoms with Crippen molar-refractivity contribution in [1.29, 1.82) is 0 Å². The molecule has 2 rings (SSSR count).